The highest BCUT2D eigenvalue weighted by molar-refractivity contribution is 4.89. The molecule has 3 unspecified atom stereocenters. The molecule has 3 atom stereocenters. The Morgan fingerprint density at radius 2 is 1.62 bits per heavy atom. The maximum absolute atomic E-state index is 6.18. The van der Waals surface area contributed by atoms with Gasteiger partial charge in [0.25, 0.3) is 0 Å². The number of nitrogens with zero attached hydrogens (tertiary/aromatic N) is 1. The minimum atomic E-state index is 0.147. The van der Waals surface area contributed by atoms with Gasteiger partial charge in [0.2, 0.25) is 0 Å². The van der Waals surface area contributed by atoms with E-state index < -0.39 is 0 Å². The van der Waals surface area contributed by atoms with Gasteiger partial charge in [0.15, 0.2) is 0 Å². The Morgan fingerprint density at radius 1 is 1.19 bits per heavy atom. The molecule has 0 saturated carbocycles. The van der Waals surface area contributed by atoms with Crippen molar-refractivity contribution in [3.05, 3.63) is 0 Å². The van der Waals surface area contributed by atoms with Gasteiger partial charge in [-0.05, 0) is 5.41 Å². The van der Waals surface area contributed by atoms with Gasteiger partial charge in [-0.3, -0.25) is 4.90 Å². The number of nitrogens with two attached hydrogens (primary N) is 1. The zero-order valence-corrected chi connectivity index (χ0v) is 11.2. The van der Waals surface area contributed by atoms with Crippen LogP contribution in [-0.4, -0.2) is 57.0 Å². The zero-order valence-electron chi connectivity index (χ0n) is 11.2. The lowest BCUT2D eigenvalue weighted by atomic mass is 9.87. The molecule has 1 rings (SSSR count). The largest absolute Gasteiger partial charge is 0.377 e. The molecule has 0 amide bonds. The maximum atomic E-state index is 6.18. The first kappa shape index (κ1) is 13.9. The van der Waals surface area contributed by atoms with Crippen LogP contribution < -0.4 is 5.73 Å². The highest BCUT2D eigenvalue weighted by Crippen LogP contribution is 2.21. The molecule has 0 aromatic heterocycles. The van der Waals surface area contributed by atoms with Gasteiger partial charge in [-0.15, -0.1) is 0 Å². The molecule has 0 aliphatic carbocycles. The number of methoxy groups -OCH3 is 2. The topological polar surface area (TPSA) is 47.7 Å². The molecular formula is C12H26N2O2. The van der Waals surface area contributed by atoms with Crippen LogP contribution in [0.4, 0.5) is 0 Å². The van der Waals surface area contributed by atoms with Gasteiger partial charge in [-0.1, -0.05) is 20.8 Å². The Balaban J connectivity index is 2.46. The Morgan fingerprint density at radius 3 is 1.94 bits per heavy atom. The highest BCUT2D eigenvalue weighted by atomic mass is 16.5. The standard InChI is InChI=1S/C12H26N2O2/c1-12(2,3)11(13)8-14-6-9(15-4)10(7-14)16-5/h9-11H,6-8,13H2,1-5H3. The lowest BCUT2D eigenvalue weighted by Crippen LogP contribution is -2.45. The van der Waals surface area contributed by atoms with Crippen LogP contribution >= 0.6 is 0 Å². The van der Waals surface area contributed by atoms with Crippen LogP contribution in [-0.2, 0) is 9.47 Å². The van der Waals surface area contributed by atoms with Crippen LogP contribution in [0.2, 0.25) is 0 Å². The molecular weight excluding hydrogens is 204 g/mol. The van der Waals surface area contributed by atoms with Crippen LogP contribution in [0.15, 0.2) is 0 Å². The quantitative estimate of drug-likeness (QED) is 0.772. The Bertz CT molecular complexity index is 204. The number of likely N-dealkylation sites (tertiary alicyclic amines) is 1. The molecule has 1 saturated heterocycles. The molecule has 1 aliphatic rings. The van der Waals surface area contributed by atoms with Crippen molar-refractivity contribution in [2.24, 2.45) is 11.1 Å². The highest BCUT2D eigenvalue weighted by Gasteiger charge is 2.34. The fourth-order valence-electron chi connectivity index (χ4n) is 1.97. The summed E-state index contributed by atoms with van der Waals surface area (Å²) >= 11 is 0. The first-order chi connectivity index (χ1) is 7.38. The third-order valence-corrected chi connectivity index (χ3v) is 3.46. The van der Waals surface area contributed by atoms with Crippen molar-refractivity contribution in [2.45, 2.75) is 39.0 Å². The van der Waals surface area contributed by atoms with Crippen molar-refractivity contribution in [1.29, 1.82) is 0 Å². The molecule has 16 heavy (non-hydrogen) atoms. The van der Waals surface area contributed by atoms with Crippen molar-refractivity contribution < 1.29 is 9.47 Å². The average molecular weight is 230 g/mol. The second-order valence-corrected chi connectivity index (χ2v) is 5.74. The molecule has 4 nitrogen and oxygen atoms in total. The molecule has 4 heteroatoms. The molecule has 96 valence electrons. The lowest BCUT2D eigenvalue weighted by Gasteiger charge is -2.30. The molecule has 1 heterocycles. The molecule has 0 aromatic carbocycles. The van der Waals surface area contributed by atoms with Crippen LogP contribution in [0.5, 0.6) is 0 Å². The van der Waals surface area contributed by atoms with Gasteiger partial charge in [-0.2, -0.15) is 0 Å². The first-order valence-corrected chi connectivity index (χ1v) is 5.92. The predicted molar refractivity (Wildman–Crippen MR) is 65.5 cm³/mol. The van der Waals surface area contributed by atoms with Crippen molar-refractivity contribution in [3.63, 3.8) is 0 Å². The second kappa shape index (κ2) is 5.45. The predicted octanol–water partition coefficient (Wildman–Crippen LogP) is 0.705. The summed E-state index contributed by atoms with van der Waals surface area (Å²) in [5.74, 6) is 0. The number of ether oxygens (including phenoxy) is 2. The molecule has 1 aliphatic heterocycles. The van der Waals surface area contributed by atoms with Crippen molar-refractivity contribution >= 4 is 0 Å². The summed E-state index contributed by atoms with van der Waals surface area (Å²) in [7, 11) is 3.48. The van der Waals surface area contributed by atoms with Crippen molar-refractivity contribution in [1.82, 2.24) is 4.90 Å². The maximum Gasteiger partial charge on any atom is 0.0971 e. The number of rotatable bonds is 4. The van der Waals surface area contributed by atoms with E-state index in [9.17, 15) is 0 Å². The van der Waals surface area contributed by atoms with E-state index >= 15 is 0 Å². The molecule has 0 aromatic rings. The van der Waals surface area contributed by atoms with Gasteiger partial charge < -0.3 is 15.2 Å². The summed E-state index contributed by atoms with van der Waals surface area (Å²) in [5.41, 5.74) is 6.33. The third kappa shape index (κ3) is 3.42. The van der Waals surface area contributed by atoms with Crippen molar-refractivity contribution in [3.8, 4) is 0 Å². The van der Waals surface area contributed by atoms with E-state index in [-0.39, 0.29) is 23.7 Å². The monoisotopic (exact) mass is 230 g/mol. The fourth-order valence-corrected chi connectivity index (χ4v) is 1.97. The average Bonchev–Trinajstić information content (AvgIpc) is 2.58. The van der Waals surface area contributed by atoms with Gasteiger partial charge in [-0.25, -0.2) is 0 Å². The van der Waals surface area contributed by atoms with Crippen LogP contribution in [0.25, 0.3) is 0 Å². The van der Waals surface area contributed by atoms with Crippen LogP contribution in [0.1, 0.15) is 20.8 Å². The minimum Gasteiger partial charge on any atom is -0.377 e. The lowest BCUT2D eigenvalue weighted by molar-refractivity contribution is -0.00461. The Labute approximate surface area is 99.1 Å². The number of hydrogen-bond acceptors (Lipinski definition) is 4. The summed E-state index contributed by atoms with van der Waals surface area (Å²) < 4.78 is 10.8. The smallest absolute Gasteiger partial charge is 0.0971 e. The Kier molecular flexibility index (Phi) is 4.73. The molecule has 1 fully saturated rings. The van der Waals surface area contributed by atoms with Crippen molar-refractivity contribution in [2.75, 3.05) is 33.9 Å². The van der Waals surface area contributed by atoms with E-state index in [2.05, 4.69) is 25.7 Å². The molecule has 0 spiro atoms. The summed E-state index contributed by atoms with van der Waals surface area (Å²) in [6.45, 7) is 9.26. The van der Waals surface area contributed by atoms with E-state index in [1.807, 2.05) is 0 Å². The van der Waals surface area contributed by atoms with E-state index in [0.717, 1.165) is 19.6 Å². The summed E-state index contributed by atoms with van der Waals surface area (Å²) in [4.78, 5) is 2.33. The van der Waals surface area contributed by atoms with Crippen LogP contribution in [0, 0.1) is 5.41 Å². The second-order valence-electron chi connectivity index (χ2n) is 5.74. The SMILES string of the molecule is COC1CN(CC(N)C(C)(C)C)CC1OC. The van der Waals surface area contributed by atoms with Gasteiger partial charge in [0.1, 0.15) is 0 Å². The molecule has 0 radical (unpaired) electrons. The molecule has 0 bridgehead atoms. The van der Waals surface area contributed by atoms with E-state index in [1.165, 1.54) is 0 Å². The fraction of sp³-hybridized carbons (Fsp3) is 1.00. The minimum absolute atomic E-state index is 0.147. The zero-order chi connectivity index (χ0) is 12.3. The third-order valence-electron chi connectivity index (χ3n) is 3.46. The van der Waals surface area contributed by atoms with Crippen LogP contribution in [0.3, 0.4) is 0 Å². The molecule has 2 N–H and O–H groups in total. The summed E-state index contributed by atoms with van der Waals surface area (Å²) in [6, 6.07) is 0.181. The summed E-state index contributed by atoms with van der Waals surface area (Å²) in [6.07, 6.45) is 0.356. The Hall–Kier alpha value is -0.160. The first-order valence-electron chi connectivity index (χ1n) is 5.92. The van der Waals surface area contributed by atoms with E-state index in [0.29, 0.717) is 0 Å². The summed E-state index contributed by atoms with van der Waals surface area (Å²) in [5, 5.41) is 0. The van der Waals surface area contributed by atoms with Gasteiger partial charge in [0, 0.05) is 39.9 Å². The number of hydrogen-bond donors (Lipinski definition) is 1. The normalized spacial score (nSPS) is 29.6. The van der Waals surface area contributed by atoms with Gasteiger partial charge in [0.05, 0.1) is 12.2 Å². The van der Waals surface area contributed by atoms with E-state index in [1.54, 1.807) is 14.2 Å². The van der Waals surface area contributed by atoms with E-state index in [4.69, 9.17) is 15.2 Å². The van der Waals surface area contributed by atoms with Gasteiger partial charge >= 0.3 is 0 Å².